The summed E-state index contributed by atoms with van der Waals surface area (Å²) in [5, 5.41) is 0.395. The number of hydrogen-bond donors (Lipinski definition) is 1. The number of piperidine rings is 1. The number of nitrogens with one attached hydrogen (secondary N) is 1. The zero-order valence-corrected chi connectivity index (χ0v) is 33.8. The fourth-order valence-corrected chi connectivity index (χ4v) is 12.3. The molecule has 0 radical (unpaired) electrons. The molecule has 2 bridgehead atoms. The fraction of sp³-hybridized carbons (Fsp3) is 0.628. The summed E-state index contributed by atoms with van der Waals surface area (Å²) in [6.45, 7) is 10.4. The van der Waals surface area contributed by atoms with Gasteiger partial charge in [0.15, 0.2) is 0 Å². The first-order valence-electron chi connectivity index (χ1n) is 20.2. The molecule has 1 N–H and O–H groups in total. The van der Waals surface area contributed by atoms with E-state index in [1.807, 2.05) is 32.2 Å². The molecule has 2 aromatic rings. The molecule has 2 saturated heterocycles. The number of ether oxygens (including phenoxy) is 2. The Balaban J connectivity index is 1.18. The van der Waals surface area contributed by atoms with E-state index in [0.717, 1.165) is 94.4 Å². The number of anilines is 1. The summed E-state index contributed by atoms with van der Waals surface area (Å²) in [5.74, 6) is 5.03. The highest BCUT2D eigenvalue weighted by molar-refractivity contribution is 7.99. The first-order valence-corrected chi connectivity index (χ1v) is 22.4. The molecule has 294 valence electrons. The van der Waals surface area contributed by atoms with Crippen molar-refractivity contribution >= 4 is 38.8 Å². The average Bonchev–Trinajstić information content (AvgIpc) is 3.28. The largest absolute Gasteiger partial charge is 0.490 e. The number of benzene rings is 2. The van der Waals surface area contributed by atoms with Gasteiger partial charge < -0.3 is 14.4 Å². The van der Waals surface area contributed by atoms with E-state index in [2.05, 4.69) is 56.5 Å². The van der Waals surface area contributed by atoms with Gasteiger partial charge in [-0.05, 0) is 123 Å². The Kier molecular flexibility index (Phi) is 10.6. The summed E-state index contributed by atoms with van der Waals surface area (Å²) in [5.41, 5.74) is 3.13. The Morgan fingerprint density at radius 1 is 1.11 bits per heavy atom. The van der Waals surface area contributed by atoms with Crippen molar-refractivity contribution in [2.75, 3.05) is 64.4 Å². The van der Waals surface area contributed by atoms with Crippen LogP contribution >= 0.6 is 11.6 Å². The molecule has 6 aliphatic rings. The zero-order valence-electron chi connectivity index (χ0n) is 32.2. The molecule has 1 unspecified atom stereocenters. The Labute approximate surface area is 326 Å². The summed E-state index contributed by atoms with van der Waals surface area (Å²) >= 11 is 6.52. The number of amides is 1. The molecule has 3 fully saturated rings. The lowest BCUT2D eigenvalue weighted by Gasteiger charge is -2.53. The minimum atomic E-state index is -2.98. The number of carbonyl (C=O) groups is 1. The number of methoxy groups -OCH3 is 1. The second kappa shape index (κ2) is 15.0. The lowest BCUT2D eigenvalue weighted by molar-refractivity contribution is -0.101. The second-order valence-corrected chi connectivity index (χ2v) is 20.3. The maximum absolute atomic E-state index is 14.6. The first kappa shape index (κ1) is 38.3. The first-order chi connectivity index (χ1) is 25.9. The summed E-state index contributed by atoms with van der Waals surface area (Å²) in [6.07, 6.45) is 10.9. The topological polar surface area (TPSA) is 74.4 Å². The van der Waals surface area contributed by atoms with E-state index >= 15 is 0 Å². The molecular formula is C43H58ClFN4O4S. The molecule has 11 heteroatoms. The number of hydrogen-bond acceptors (Lipinski definition) is 7. The average molecular weight is 781 g/mol. The molecule has 1 spiro atoms. The lowest BCUT2D eigenvalue weighted by atomic mass is 9.63. The Bertz CT molecular complexity index is 1880. The molecule has 1 amide bonds. The molecule has 4 aliphatic heterocycles. The Morgan fingerprint density at radius 2 is 1.96 bits per heavy atom. The fourth-order valence-electron chi connectivity index (χ4n) is 10.6. The number of piperazine rings is 1. The van der Waals surface area contributed by atoms with Crippen LogP contribution in [-0.4, -0.2) is 108 Å². The van der Waals surface area contributed by atoms with Crippen molar-refractivity contribution in [2.24, 2.45) is 17.8 Å². The number of carbonyl (C=O) groups excluding carboxylic acids is 1. The predicted molar refractivity (Wildman–Crippen MR) is 217 cm³/mol. The van der Waals surface area contributed by atoms with Crippen LogP contribution in [0.5, 0.6) is 5.75 Å². The van der Waals surface area contributed by atoms with Gasteiger partial charge in [-0.2, -0.15) is 0 Å². The molecule has 54 heavy (non-hydrogen) atoms. The van der Waals surface area contributed by atoms with Crippen molar-refractivity contribution in [3.8, 4) is 5.75 Å². The molecule has 2 aromatic carbocycles. The van der Waals surface area contributed by atoms with Crippen LogP contribution in [-0.2, 0) is 26.3 Å². The molecule has 0 aromatic heterocycles. The maximum atomic E-state index is 14.6. The van der Waals surface area contributed by atoms with E-state index in [0.29, 0.717) is 37.4 Å². The van der Waals surface area contributed by atoms with Crippen molar-refractivity contribution in [1.82, 2.24) is 14.5 Å². The molecule has 8 nitrogen and oxygen atoms in total. The van der Waals surface area contributed by atoms with E-state index in [9.17, 15) is 13.4 Å². The lowest BCUT2D eigenvalue weighted by Crippen LogP contribution is -2.62. The minimum absolute atomic E-state index is 0.00107. The van der Waals surface area contributed by atoms with Gasteiger partial charge in [-0.15, -0.1) is 0 Å². The SMILES string of the molecule is C=S1(=O)NC(=O)c2ccc3c(c2)N(C[C@@H]2CC[C@H]2[C@@](CN2CCN4CC[C@@H](F)C[C@@H]4C2)(OC)/C=C/C[C@H](C)[C@H]1C)C[C@@]1(CCCc2cc(Cl)ccc21)CO3. The molecule has 4 heterocycles. The van der Waals surface area contributed by atoms with Crippen LogP contribution in [0.4, 0.5) is 10.1 Å². The third kappa shape index (κ3) is 7.23. The normalized spacial score (nSPS) is 38.2. The smallest absolute Gasteiger partial charge is 0.262 e. The number of halogens is 2. The van der Waals surface area contributed by atoms with Crippen molar-refractivity contribution in [2.45, 2.75) is 93.7 Å². The van der Waals surface area contributed by atoms with Crippen LogP contribution in [0.15, 0.2) is 48.6 Å². The van der Waals surface area contributed by atoms with Crippen LogP contribution in [0.2, 0.25) is 5.02 Å². The molecule has 1 saturated carbocycles. The Hall–Kier alpha value is -2.63. The number of alkyl halides is 1. The van der Waals surface area contributed by atoms with Crippen molar-refractivity contribution in [1.29, 1.82) is 0 Å². The van der Waals surface area contributed by atoms with Crippen molar-refractivity contribution in [3.63, 3.8) is 0 Å². The van der Waals surface area contributed by atoms with Crippen LogP contribution in [0.3, 0.4) is 0 Å². The van der Waals surface area contributed by atoms with E-state index in [1.165, 1.54) is 11.1 Å². The third-order valence-electron chi connectivity index (χ3n) is 14.2. The predicted octanol–water partition coefficient (Wildman–Crippen LogP) is 6.69. The van der Waals surface area contributed by atoms with Crippen molar-refractivity contribution < 1.29 is 22.9 Å². The molecule has 9 atom stereocenters. The third-order valence-corrected chi connectivity index (χ3v) is 16.6. The Morgan fingerprint density at radius 3 is 2.76 bits per heavy atom. The quantitative estimate of drug-likeness (QED) is 0.275. The number of aryl methyl sites for hydroxylation is 1. The van der Waals surface area contributed by atoms with E-state index in [4.69, 9.17) is 21.1 Å². The van der Waals surface area contributed by atoms with Gasteiger partial charge in [0.25, 0.3) is 5.91 Å². The highest BCUT2D eigenvalue weighted by Gasteiger charge is 2.50. The summed E-state index contributed by atoms with van der Waals surface area (Å²) in [7, 11) is -1.12. The highest BCUT2D eigenvalue weighted by Crippen LogP contribution is 2.49. The number of allylic oxidation sites excluding steroid dienone is 1. The summed E-state index contributed by atoms with van der Waals surface area (Å²) in [4.78, 5) is 21.3. The standard InChI is InChI=1S/C43H58ClFN4O4S/c1-29-7-5-17-43(52-3,27-47-19-20-48-18-15-35(45)23-36(48)25-47)38-12-9-33(38)24-49-26-42(16-6-8-31-21-34(44)11-13-37(31)42)28-53-40-14-10-32(22-39(40)49)41(50)46-54(4,51)30(29)2/h5,10-11,13-14,17,21-22,29-30,33,35-36,38H,4,6-9,12,15-16,18-20,23-28H2,1-3H3,(H,46,50,51)/b17-5+/t29-,30+,33-,35+,36+,38+,42-,43+,54?/m0/s1. The van der Waals surface area contributed by atoms with Gasteiger partial charge >= 0.3 is 0 Å². The number of rotatable bonds is 3. The zero-order chi connectivity index (χ0) is 37.8. The van der Waals surface area contributed by atoms with E-state index < -0.39 is 21.5 Å². The molecule has 2 aliphatic carbocycles. The molecular weight excluding hydrogens is 723 g/mol. The monoisotopic (exact) mass is 780 g/mol. The van der Waals surface area contributed by atoms with E-state index in [1.54, 1.807) is 6.07 Å². The van der Waals surface area contributed by atoms with Gasteiger partial charge in [-0.25, -0.2) is 8.60 Å². The maximum Gasteiger partial charge on any atom is 0.262 e. The van der Waals surface area contributed by atoms with Crippen LogP contribution in [0.25, 0.3) is 0 Å². The number of fused-ring (bicyclic) bond motifs is 5. The van der Waals surface area contributed by atoms with Crippen molar-refractivity contribution in [3.05, 3.63) is 70.3 Å². The van der Waals surface area contributed by atoms with Gasteiger partial charge in [-0.1, -0.05) is 36.7 Å². The summed E-state index contributed by atoms with van der Waals surface area (Å²) < 4.78 is 45.0. The highest BCUT2D eigenvalue weighted by atomic mass is 35.5. The van der Waals surface area contributed by atoms with Gasteiger partial charge in [-0.3, -0.25) is 19.3 Å². The molecule has 8 rings (SSSR count). The van der Waals surface area contributed by atoms with Gasteiger partial charge in [0, 0.05) is 80.2 Å². The summed E-state index contributed by atoms with van der Waals surface area (Å²) in [6, 6.07) is 12.2. The van der Waals surface area contributed by atoms with Gasteiger partial charge in [0.2, 0.25) is 0 Å². The second-order valence-electron chi connectivity index (χ2n) is 17.4. The van der Waals surface area contributed by atoms with Crippen LogP contribution in [0.1, 0.15) is 80.3 Å². The van der Waals surface area contributed by atoms with Crippen LogP contribution < -0.4 is 14.4 Å². The van der Waals surface area contributed by atoms with E-state index in [-0.39, 0.29) is 34.4 Å². The minimum Gasteiger partial charge on any atom is -0.490 e. The van der Waals surface area contributed by atoms with Crippen LogP contribution in [0, 0.1) is 17.8 Å². The number of nitrogens with zero attached hydrogens (tertiary/aromatic N) is 3. The van der Waals surface area contributed by atoms with Gasteiger partial charge in [0.05, 0.1) is 22.0 Å². The van der Waals surface area contributed by atoms with Gasteiger partial charge in [0.1, 0.15) is 17.5 Å².